The average molecular weight is 388 g/mol. The number of sulfonamides is 1. The summed E-state index contributed by atoms with van der Waals surface area (Å²) in [6.45, 7) is 6.90. The van der Waals surface area contributed by atoms with Crippen LogP contribution in [0.4, 0.5) is 11.6 Å². The number of hydrogen-bond donors (Lipinski definition) is 1. The zero-order valence-electron chi connectivity index (χ0n) is 15.4. The Bertz CT molecular complexity index is 978. The van der Waals surface area contributed by atoms with E-state index in [9.17, 15) is 18.0 Å². The zero-order chi connectivity index (χ0) is 19.9. The number of benzene rings is 1. The number of nitrogens with one attached hydrogen (secondary N) is 1. The summed E-state index contributed by atoms with van der Waals surface area (Å²) >= 11 is 0. The number of aryl methyl sites for hydroxylation is 2. The summed E-state index contributed by atoms with van der Waals surface area (Å²) < 4.78 is 27.4. The molecule has 2 unspecified atom stereocenters. The molecule has 1 saturated heterocycles. The molecule has 1 N–H and O–H groups in total. The van der Waals surface area contributed by atoms with Gasteiger partial charge in [-0.3, -0.25) is 14.5 Å². The van der Waals surface area contributed by atoms with Gasteiger partial charge in [-0.05, 0) is 44.2 Å². The van der Waals surface area contributed by atoms with Crippen molar-refractivity contribution in [3.05, 3.63) is 41.7 Å². The normalized spacial score (nSPS) is 20.2. The molecule has 8 nitrogen and oxygen atoms in total. The third-order valence-corrected chi connectivity index (χ3v) is 5.93. The summed E-state index contributed by atoms with van der Waals surface area (Å²) in [4.78, 5) is 33.8. The van der Waals surface area contributed by atoms with Crippen molar-refractivity contribution >= 4 is 33.5 Å². The topological polar surface area (TPSA) is 109 Å². The van der Waals surface area contributed by atoms with E-state index in [1.807, 2.05) is 0 Å². The fourth-order valence-electron chi connectivity index (χ4n) is 2.92. The maximum absolute atomic E-state index is 12.6. The van der Waals surface area contributed by atoms with Crippen molar-refractivity contribution in [3.8, 4) is 0 Å². The fourth-order valence-corrected chi connectivity index (χ4v) is 3.87. The number of carbonyl (C=O) groups excluding carboxylic acids is 2. The highest BCUT2D eigenvalue weighted by molar-refractivity contribution is 7.92. The van der Waals surface area contributed by atoms with Crippen molar-refractivity contribution in [1.29, 1.82) is 0 Å². The first-order valence-electron chi connectivity index (χ1n) is 8.43. The minimum absolute atomic E-state index is 0.0101. The molecule has 2 heterocycles. The van der Waals surface area contributed by atoms with Crippen molar-refractivity contribution < 1.29 is 18.0 Å². The molecule has 27 heavy (non-hydrogen) atoms. The molecular formula is C18H20N4O4S. The molecule has 1 fully saturated rings. The van der Waals surface area contributed by atoms with Crippen molar-refractivity contribution in [2.75, 3.05) is 9.62 Å². The Morgan fingerprint density at radius 3 is 1.89 bits per heavy atom. The molecule has 142 valence electrons. The van der Waals surface area contributed by atoms with E-state index in [1.54, 1.807) is 33.8 Å². The van der Waals surface area contributed by atoms with Crippen LogP contribution in [0.2, 0.25) is 0 Å². The molecule has 9 heteroatoms. The Labute approximate surface area is 157 Å². The summed E-state index contributed by atoms with van der Waals surface area (Å²) in [5.41, 5.74) is 1.64. The van der Waals surface area contributed by atoms with Gasteiger partial charge < -0.3 is 0 Å². The molecule has 3 rings (SSSR count). The second kappa shape index (κ2) is 6.73. The van der Waals surface area contributed by atoms with Crippen molar-refractivity contribution in [3.63, 3.8) is 0 Å². The average Bonchev–Trinajstić information content (AvgIpc) is 2.77. The SMILES string of the molecule is Cc1cc(C)nc(NS(=O)(=O)c2ccc(N3C(=O)C(C)C(C)C3=O)cc2)n1. The predicted octanol–water partition coefficient (Wildman–Crippen LogP) is 2.04. The van der Waals surface area contributed by atoms with Crippen LogP contribution < -0.4 is 9.62 Å². The lowest BCUT2D eigenvalue weighted by atomic mass is 10.00. The minimum atomic E-state index is -3.90. The molecule has 0 radical (unpaired) electrons. The maximum atomic E-state index is 12.6. The van der Waals surface area contributed by atoms with Crippen LogP contribution in [0.5, 0.6) is 0 Å². The van der Waals surface area contributed by atoms with Crippen LogP contribution in [0.3, 0.4) is 0 Å². The first kappa shape index (κ1) is 19.0. The second-order valence-corrected chi connectivity index (χ2v) is 8.35. The molecule has 1 aromatic carbocycles. The highest BCUT2D eigenvalue weighted by Crippen LogP contribution is 2.31. The molecule has 2 amide bonds. The van der Waals surface area contributed by atoms with Crippen LogP contribution >= 0.6 is 0 Å². The van der Waals surface area contributed by atoms with Gasteiger partial charge in [-0.1, -0.05) is 13.8 Å². The number of rotatable bonds is 4. The summed E-state index contributed by atoms with van der Waals surface area (Å²) in [6, 6.07) is 7.30. The quantitative estimate of drug-likeness (QED) is 0.803. The highest BCUT2D eigenvalue weighted by Gasteiger charge is 2.43. The van der Waals surface area contributed by atoms with Crippen LogP contribution in [0, 0.1) is 25.7 Å². The summed E-state index contributed by atoms with van der Waals surface area (Å²) in [7, 11) is -3.90. The van der Waals surface area contributed by atoms with E-state index in [1.165, 1.54) is 24.3 Å². The number of aromatic nitrogens is 2. The van der Waals surface area contributed by atoms with Gasteiger partial charge in [0.05, 0.1) is 10.6 Å². The van der Waals surface area contributed by atoms with Gasteiger partial charge in [0.2, 0.25) is 17.8 Å². The number of nitrogens with zero attached hydrogens (tertiary/aromatic N) is 3. The standard InChI is InChI=1S/C18H20N4O4S/c1-10-9-11(2)20-18(19-10)21-27(25,26)15-7-5-14(6-8-15)22-16(23)12(3)13(4)17(22)24/h5-9,12-13H,1-4H3,(H,19,20,21). The third-order valence-electron chi connectivity index (χ3n) is 4.58. The van der Waals surface area contributed by atoms with E-state index in [-0.39, 0.29) is 22.7 Å². The number of imide groups is 1. The minimum Gasteiger partial charge on any atom is -0.274 e. The Morgan fingerprint density at radius 2 is 1.41 bits per heavy atom. The maximum Gasteiger partial charge on any atom is 0.264 e. The number of anilines is 2. The molecule has 1 aromatic heterocycles. The molecule has 0 bridgehead atoms. The van der Waals surface area contributed by atoms with Gasteiger partial charge in [0.25, 0.3) is 10.0 Å². The summed E-state index contributed by atoms with van der Waals surface area (Å²) in [5.74, 6) is -1.38. The molecule has 1 aliphatic rings. The fraction of sp³-hybridized carbons (Fsp3) is 0.333. The van der Waals surface area contributed by atoms with Gasteiger partial charge in [-0.25, -0.2) is 23.1 Å². The third kappa shape index (κ3) is 3.55. The molecule has 2 aromatic rings. The molecular weight excluding hydrogens is 368 g/mol. The molecule has 2 atom stereocenters. The van der Waals surface area contributed by atoms with Crippen LogP contribution in [-0.2, 0) is 19.6 Å². The number of amides is 2. The Hall–Kier alpha value is -2.81. The van der Waals surface area contributed by atoms with Gasteiger partial charge in [-0.15, -0.1) is 0 Å². The smallest absolute Gasteiger partial charge is 0.264 e. The van der Waals surface area contributed by atoms with Crippen molar-refractivity contribution in [2.45, 2.75) is 32.6 Å². The lowest BCUT2D eigenvalue weighted by Gasteiger charge is -2.15. The monoisotopic (exact) mass is 388 g/mol. The van der Waals surface area contributed by atoms with Gasteiger partial charge in [0, 0.05) is 23.2 Å². The van der Waals surface area contributed by atoms with E-state index in [0.717, 1.165) is 4.90 Å². The molecule has 1 aliphatic heterocycles. The number of carbonyl (C=O) groups is 2. The van der Waals surface area contributed by atoms with Crippen LogP contribution in [0.15, 0.2) is 35.2 Å². The largest absolute Gasteiger partial charge is 0.274 e. The van der Waals surface area contributed by atoms with Crippen LogP contribution in [0.25, 0.3) is 0 Å². The van der Waals surface area contributed by atoms with Crippen molar-refractivity contribution in [1.82, 2.24) is 9.97 Å². The second-order valence-electron chi connectivity index (χ2n) is 6.66. The summed E-state index contributed by atoms with van der Waals surface area (Å²) in [6.07, 6.45) is 0. The predicted molar refractivity (Wildman–Crippen MR) is 99.6 cm³/mol. The molecule has 0 saturated carbocycles. The Kier molecular flexibility index (Phi) is 4.73. The van der Waals surface area contributed by atoms with E-state index >= 15 is 0 Å². The summed E-state index contributed by atoms with van der Waals surface area (Å²) in [5, 5.41) is 0. The number of hydrogen-bond acceptors (Lipinski definition) is 6. The highest BCUT2D eigenvalue weighted by atomic mass is 32.2. The van der Waals surface area contributed by atoms with Gasteiger partial charge >= 0.3 is 0 Å². The lowest BCUT2D eigenvalue weighted by molar-refractivity contribution is -0.122. The van der Waals surface area contributed by atoms with Gasteiger partial charge in [-0.2, -0.15) is 0 Å². The van der Waals surface area contributed by atoms with Crippen LogP contribution in [0.1, 0.15) is 25.2 Å². The first-order valence-corrected chi connectivity index (χ1v) is 9.91. The van der Waals surface area contributed by atoms with E-state index < -0.39 is 21.9 Å². The van der Waals surface area contributed by atoms with E-state index in [4.69, 9.17) is 0 Å². The van der Waals surface area contributed by atoms with E-state index in [0.29, 0.717) is 17.1 Å². The molecule has 0 spiro atoms. The Balaban J connectivity index is 1.86. The van der Waals surface area contributed by atoms with Gasteiger partial charge in [0.15, 0.2) is 0 Å². The van der Waals surface area contributed by atoms with Crippen LogP contribution in [-0.4, -0.2) is 30.2 Å². The zero-order valence-corrected chi connectivity index (χ0v) is 16.2. The van der Waals surface area contributed by atoms with Gasteiger partial charge in [0.1, 0.15) is 0 Å². The lowest BCUT2D eigenvalue weighted by Crippen LogP contribution is -2.30. The van der Waals surface area contributed by atoms with Crippen molar-refractivity contribution in [2.24, 2.45) is 11.8 Å². The molecule has 0 aliphatic carbocycles. The van der Waals surface area contributed by atoms with E-state index in [2.05, 4.69) is 14.7 Å². The Morgan fingerprint density at radius 1 is 0.926 bits per heavy atom. The first-order chi connectivity index (χ1) is 12.6.